The van der Waals surface area contributed by atoms with Crippen molar-refractivity contribution in [2.45, 2.75) is 37.8 Å². The van der Waals surface area contributed by atoms with Crippen LogP contribution in [0.5, 0.6) is 5.75 Å². The molecule has 1 atom stereocenters. The van der Waals surface area contributed by atoms with Crippen molar-refractivity contribution >= 4 is 27.5 Å². The van der Waals surface area contributed by atoms with E-state index in [0.717, 1.165) is 18.6 Å². The number of hydrogen-bond acceptors (Lipinski definition) is 5. The molecule has 0 aliphatic rings. The van der Waals surface area contributed by atoms with Crippen molar-refractivity contribution in [2.75, 3.05) is 17.9 Å². The molecule has 0 saturated heterocycles. The summed E-state index contributed by atoms with van der Waals surface area (Å²) in [6.07, 6.45) is 0.757. The molecule has 45 heavy (non-hydrogen) atoms. The Balaban J connectivity index is 1.53. The highest BCUT2D eigenvalue weighted by atomic mass is 32.2. The van der Waals surface area contributed by atoms with E-state index < -0.39 is 40.2 Å². The third-order valence-corrected chi connectivity index (χ3v) is 8.27. The van der Waals surface area contributed by atoms with Gasteiger partial charge in [0, 0.05) is 18.8 Å². The van der Waals surface area contributed by atoms with Gasteiger partial charge in [0.15, 0.2) is 6.61 Å². The Hall–Kier alpha value is -4.77. The monoisotopic (exact) mass is 635 g/mol. The summed E-state index contributed by atoms with van der Waals surface area (Å²) < 4.78 is 60.5. The summed E-state index contributed by atoms with van der Waals surface area (Å²) in [4.78, 5) is 28.7. The lowest BCUT2D eigenvalue weighted by Gasteiger charge is -2.31. The molecule has 0 saturated carbocycles. The van der Waals surface area contributed by atoms with E-state index in [1.54, 1.807) is 36.4 Å². The molecule has 2 amide bonds. The molecule has 236 valence electrons. The van der Waals surface area contributed by atoms with Gasteiger partial charge in [-0.2, -0.15) is 0 Å². The summed E-state index contributed by atoms with van der Waals surface area (Å²) in [6, 6.07) is 23.9. The van der Waals surface area contributed by atoms with E-state index in [4.69, 9.17) is 4.74 Å². The topological polar surface area (TPSA) is 105 Å². The maximum Gasteiger partial charge on any atom is 0.261 e. The predicted molar refractivity (Wildman–Crippen MR) is 168 cm³/mol. The summed E-state index contributed by atoms with van der Waals surface area (Å²) >= 11 is 0. The van der Waals surface area contributed by atoms with Gasteiger partial charge >= 0.3 is 0 Å². The van der Waals surface area contributed by atoms with Crippen LogP contribution in [0, 0.1) is 17.6 Å². The van der Waals surface area contributed by atoms with Crippen molar-refractivity contribution in [3.63, 3.8) is 0 Å². The van der Waals surface area contributed by atoms with E-state index in [9.17, 15) is 26.8 Å². The zero-order valence-corrected chi connectivity index (χ0v) is 25.8. The summed E-state index contributed by atoms with van der Waals surface area (Å²) in [5.74, 6) is -1.20. The molecule has 4 aromatic rings. The number of anilines is 1. The highest BCUT2D eigenvalue weighted by Gasteiger charge is 2.32. The Morgan fingerprint density at radius 1 is 0.822 bits per heavy atom. The lowest BCUT2D eigenvalue weighted by Crippen LogP contribution is -2.45. The van der Waals surface area contributed by atoms with Gasteiger partial charge in [-0.25, -0.2) is 17.2 Å². The lowest BCUT2D eigenvalue weighted by atomic mass is 10.0. The van der Waals surface area contributed by atoms with Crippen LogP contribution >= 0.6 is 0 Å². The number of nitrogens with zero attached hydrogens (tertiary/aromatic N) is 1. The standard InChI is InChI=1S/C34H35F2N3O5S/c1-24(2)20-21-37-34(41)33(26-6-4-3-5-7-26)39(22-25-8-10-27(35)11-9-25)32(40)23-44-30-16-18-31(19-17-30)45(42,43)38-29-14-12-28(36)13-15-29/h3-19,24,33,38H,20-23H2,1-2H3,(H,37,41). The fraction of sp³-hybridized carbons (Fsp3) is 0.235. The number of amides is 2. The second-order valence-electron chi connectivity index (χ2n) is 10.8. The normalized spacial score (nSPS) is 11.9. The molecular formula is C34H35F2N3O5S. The van der Waals surface area contributed by atoms with Crippen molar-refractivity contribution < 1.29 is 31.5 Å². The van der Waals surface area contributed by atoms with Gasteiger partial charge in [-0.15, -0.1) is 0 Å². The fourth-order valence-electron chi connectivity index (χ4n) is 4.47. The third kappa shape index (κ3) is 9.61. The fourth-order valence-corrected chi connectivity index (χ4v) is 5.53. The Morgan fingerprint density at radius 2 is 1.42 bits per heavy atom. The molecule has 2 N–H and O–H groups in total. The maximum atomic E-state index is 13.8. The molecule has 0 aliphatic heterocycles. The molecule has 1 unspecified atom stereocenters. The summed E-state index contributed by atoms with van der Waals surface area (Å²) in [5.41, 5.74) is 1.41. The minimum absolute atomic E-state index is 0.00582. The molecule has 0 spiro atoms. The van der Waals surface area contributed by atoms with E-state index in [0.29, 0.717) is 23.6 Å². The minimum atomic E-state index is -3.96. The lowest BCUT2D eigenvalue weighted by molar-refractivity contribution is -0.143. The van der Waals surface area contributed by atoms with Crippen molar-refractivity contribution in [1.29, 1.82) is 0 Å². The number of rotatable bonds is 14. The number of nitrogens with one attached hydrogen (secondary N) is 2. The maximum absolute atomic E-state index is 13.8. The highest BCUT2D eigenvalue weighted by Crippen LogP contribution is 2.25. The van der Waals surface area contributed by atoms with Crippen LogP contribution in [0.15, 0.2) is 108 Å². The molecular weight excluding hydrogens is 600 g/mol. The summed E-state index contributed by atoms with van der Waals surface area (Å²) in [6.45, 7) is 4.08. The smallest absolute Gasteiger partial charge is 0.261 e. The number of sulfonamides is 1. The van der Waals surface area contributed by atoms with E-state index in [1.165, 1.54) is 53.4 Å². The van der Waals surface area contributed by atoms with Crippen LogP contribution in [0.25, 0.3) is 0 Å². The molecule has 0 fully saturated rings. The molecule has 4 aromatic carbocycles. The number of hydrogen-bond donors (Lipinski definition) is 2. The van der Waals surface area contributed by atoms with Crippen LogP contribution in [0.1, 0.15) is 37.4 Å². The summed E-state index contributed by atoms with van der Waals surface area (Å²) in [7, 11) is -3.96. The molecule has 8 nitrogen and oxygen atoms in total. The van der Waals surface area contributed by atoms with Crippen LogP contribution in [0.2, 0.25) is 0 Å². The first-order valence-electron chi connectivity index (χ1n) is 14.4. The van der Waals surface area contributed by atoms with Crippen molar-refractivity contribution in [2.24, 2.45) is 5.92 Å². The third-order valence-electron chi connectivity index (χ3n) is 6.88. The Kier molecular flexibility index (Phi) is 11.3. The van der Waals surface area contributed by atoms with Crippen LogP contribution in [0.4, 0.5) is 14.5 Å². The van der Waals surface area contributed by atoms with Gasteiger partial charge in [-0.3, -0.25) is 14.3 Å². The molecule has 4 rings (SSSR count). The number of benzene rings is 4. The highest BCUT2D eigenvalue weighted by molar-refractivity contribution is 7.92. The minimum Gasteiger partial charge on any atom is -0.484 e. The average Bonchev–Trinajstić information content (AvgIpc) is 3.02. The van der Waals surface area contributed by atoms with Gasteiger partial charge in [0.05, 0.1) is 4.90 Å². The van der Waals surface area contributed by atoms with Crippen LogP contribution in [-0.4, -0.2) is 38.3 Å². The molecule has 0 aromatic heterocycles. The van der Waals surface area contributed by atoms with Crippen molar-refractivity contribution in [1.82, 2.24) is 10.2 Å². The first-order chi connectivity index (χ1) is 21.5. The Labute approximate surface area is 262 Å². The number of ether oxygens (including phenoxy) is 1. The number of carbonyl (C=O) groups is 2. The largest absolute Gasteiger partial charge is 0.484 e. The van der Waals surface area contributed by atoms with Crippen molar-refractivity contribution in [3.05, 3.63) is 126 Å². The molecule has 11 heteroatoms. The first-order valence-corrected chi connectivity index (χ1v) is 15.9. The zero-order chi connectivity index (χ0) is 32.4. The SMILES string of the molecule is CC(C)CCNC(=O)C(c1ccccc1)N(Cc1ccc(F)cc1)C(=O)COc1ccc(S(=O)(=O)Nc2ccc(F)cc2)cc1. The molecule has 0 bridgehead atoms. The second kappa shape index (κ2) is 15.3. The van der Waals surface area contributed by atoms with E-state index in [1.807, 2.05) is 19.9 Å². The average molecular weight is 636 g/mol. The first kappa shape index (κ1) is 33.1. The van der Waals surface area contributed by atoms with Crippen LogP contribution in [-0.2, 0) is 26.2 Å². The number of carbonyl (C=O) groups excluding carboxylic acids is 2. The van der Waals surface area contributed by atoms with Crippen LogP contribution < -0.4 is 14.8 Å². The van der Waals surface area contributed by atoms with E-state index in [-0.39, 0.29) is 28.8 Å². The van der Waals surface area contributed by atoms with Gasteiger partial charge in [0.2, 0.25) is 5.91 Å². The molecule has 0 radical (unpaired) electrons. The second-order valence-corrected chi connectivity index (χ2v) is 12.5. The Bertz CT molecular complexity index is 1670. The quantitative estimate of drug-likeness (QED) is 0.175. The molecule has 0 aliphatic carbocycles. The van der Waals surface area contributed by atoms with Gasteiger partial charge in [-0.05, 0) is 84.1 Å². The summed E-state index contributed by atoms with van der Waals surface area (Å²) in [5, 5.41) is 2.94. The van der Waals surface area contributed by atoms with Gasteiger partial charge in [0.25, 0.3) is 15.9 Å². The van der Waals surface area contributed by atoms with Gasteiger partial charge in [0.1, 0.15) is 23.4 Å². The van der Waals surface area contributed by atoms with E-state index >= 15 is 0 Å². The van der Waals surface area contributed by atoms with Gasteiger partial charge < -0.3 is 15.0 Å². The van der Waals surface area contributed by atoms with Crippen molar-refractivity contribution in [3.8, 4) is 5.75 Å². The van der Waals surface area contributed by atoms with E-state index in [2.05, 4.69) is 10.0 Å². The zero-order valence-electron chi connectivity index (χ0n) is 25.0. The van der Waals surface area contributed by atoms with Gasteiger partial charge in [-0.1, -0.05) is 56.3 Å². The number of halogens is 2. The predicted octanol–water partition coefficient (Wildman–Crippen LogP) is 6.08. The Morgan fingerprint density at radius 3 is 2.02 bits per heavy atom. The molecule has 0 heterocycles. The van der Waals surface area contributed by atoms with Crippen LogP contribution in [0.3, 0.4) is 0 Å².